The van der Waals surface area contributed by atoms with Crippen LogP contribution in [0.3, 0.4) is 0 Å². The number of ketones is 1. The summed E-state index contributed by atoms with van der Waals surface area (Å²) < 4.78 is 33.6. The molecule has 0 spiro atoms. The van der Waals surface area contributed by atoms with Crippen molar-refractivity contribution in [2.75, 3.05) is 0 Å². The van der Waals surface area contributed by atoms with E-state index in [2.05, 4.69) is 47.9 Å². The van der Waals surface area contributed by atoms with Crippen molar-refractivity contribution in [3.05, 3.63) is 81.6 Å². The molecule has 232 valence electrons. The smallest absolute Gasteiger partial charge is 0.201 e. The van der Waals surface area contributed by atoms with Crippen molar-refractivity contribution in [3.63, 3.8) is 0 Å². The molecular formula is C33H39FN6O2S2. The van der Waals surface area contributed by atoms with Crippen LogP contribution in [0, 0.1) is 11.2 Å². The zero-order valence-corrected chi connectivity index (χ0v) is 27.7. The maximum atomic E-state index is 14.8. The average Bonchev–Trinajstić information content (AvgIpc) is 3.71. The monoisotopic (exact) mass is 634 g/mol. The lowest BCUT2D eigenvalue weighted by Gasteiger charge is -2.48. The summed E-state index contributed by atoms with van der Waals surface area (Å²) in [6.45, 7) is 10.4. The topological polar surface area (TPSA) is 85.9 Å². The Labute approximate surface area is 262 Å². The van der Waals surface area contributed by atoms with Gasteiger partial charge in [-0.1, -0.05) is 26.3 Å². The summed E-state index contributed by atoms with van der Waals surface area (Å²) in [5.41, 5.74) is 2.62. The van der Waals surface area contributed by atoms with E-state index in [0.29, 0.717) is 29.2 Å². The van der Waals surface area contributed by atoms with Crippen LogP contribution in [0.1, 0.15) is 79.8 Å². The number of rotatable bonds is 7. The van der Waals surface area contributed by atoms with Gasteiger partial charge >= 0.3 is 0 Å². The molecule has 0 saturated heterocycles. The number of carbonyl (C=O) groups excluding carboxylic acids is 1. The van der Waals surface area contributed by atoms with Gasteiger partial charge in [-0.3, -0.25) is 9.48 Å². The summed E-state index contributed by atoms with van der Waals surface area (Å²) >= 11 is 1.46. The van der Waals surface area contributed by atoms with Crippen LogP contribution in [-0.2, 0) is 28.6 Å². The maximum absolute atomic E-state index is 14.8. The number of thiazole rings is 1. The molecule has 0 bridgehead atoms. The fourth-order valence-corrected chi connectivity index (χ4v) is 9.84. The van der Waals surface area contributed by atoms with Crippen molar-refractivity contribution in [3.8, 4) is 5.69 Å². The van der Waals surface area contributed by atoms with Crippen molar-refractivity contribution in [1.29, 1.82) is 0 Å². The van der Waals surface area contributed by atoms with Crippen molar-refractivity contribution in [2.24, 2.45) is 12.5 Å². The average molecular weight is 635 g/mol. The molecule has 3 atom stereocenters. The van der Waals surface area contributed by atoms with E-state index in [1.165, 1.54) is 23.5 Å². The third kappa shape index (κ3) is 5.18. The molecule has 0 radical (unpaired) electrons. The predicted octanol–water partition coefficient (Wildman–Crippen LogP) is 6.26. The molecule has 11 heteroatoms. The zero-order valence-electron chi connectivity index (χ0n) is 26.1. The molecule has 0 aliphatic heterocycles. The third-order valence-electron chi connectivity index (χ3n) is 8.84. The highest BCUT2D eigenvalue weighted by atomic mass is 32.2. The number of nitrogens with zero attached hydrogens (tertiary/aromatic N) is 6. The maximum Gasteiger partial charge on any atom is 0.201 e. The summed E-state index contributed by atoms with van der Waals surface area (Å²) in [6.07, 6.45) is 11.4. The number of Topliss-reactive ketones (excluding diaryl/α,β-unsaturated/α-hetero) is 1. The highest BCUT2D eigenvalue weighted by Crippen LogP contribution is 2.52. The second-order valence-corrected chi connectivity index (χ2v) is 16.5. The van der Waals surface area contributed by atoms with Crippen LogP contribution in [0.2, 0.25) is 0 Å². The first-order chi connectivity index (χ1) is 20.7. The summed E-state index contributed by atoms with van der Waals surface area (Å²) in [5.74, 6) is 3.93. The van der Waals surface area contributed by atoms with Gasteiger partial charge in [0.1, 0.15) is 5.82 Å². The number of carbonyl (C=O) groups is 1. The van der Waals surface area contributed by atoms with E-state index in [0.717, 1.165) is 33.8 Å². The zero-order chi connectivity index (χ0) is 31.6. The summed E-state index contributed by atoms with van der Waals surface area (Å²) in [4.78, 5) is 21.1. The molecule has 6 rings (SSSR count). The van der Waals surface area contributed by atoms with Gasteiger partial charge in [-0.25, -0.2) is 22.6 Å². The van der Waals surface area contributed by atoms with Gasteiger partial charge in [0.15, 0.2) is 5.01 Å². The van der Waals surface area contributed by atoms with E-state index in [4.69, 9.17) is 0 Å². The molecule has 3 aromatic heterocycles. The van der Waals surface area contributed by atoms with Gasteiger partial charge in [0, 0.05) is 36.4 Å². The Morgan fingerprint density at radius 2 is 1.91 bits per heavy atom. The molecule has 2 aliphatic rings. The second-order valence-electron chi connectivity index (χ2n) is 13.3. The Kier molecular flexibility index (Phi) is 7.57. The van der Waals surface area contributed by atoms with Gasteiger partial charge in [0.05, 0.1) is 43.8 Å². The van der Waals surface area contributed by atoms with E-state index in [9.17, 15) is 13.4 Å². The van der Waals surface area contributed by atoms with Crippen molar-refractivity contribution in [2.45, 2.75) is 82.7 Å². The minimum atomic E-state index is -2.89. The summed E-state index contributed by atoms with van der Waals surface area (Å²) in [5, 5.41) is 9.43. The number of aromatic nitrogens is 5. The van der Waals surface area contributed by atoms with Gasteiger partial charge in [-0.2, -0.15) is 10.2 Å². The largest absolute Gasteiger partial charge is 0.290 e. The molecule has 3 heterocycles. The Morgan fingerprint density at radius 3 is 2.52 bits per heavy atom. The molecule has 1 unspecified atom stereocenters. The molecule has 1 saturated carbocycles. The van der Waals surface area contributed by atoms with E-state index >= 15 is 0 Å². The standard InChI is InChI=1S/C33H39FN6O2S2/c1-21(2)40(44(7,42)27-18-36-38(6)20-27)26-11-8-23-14-28-22(17-37-39(28)25-12-9-24(34)10-13-25)15-33(23,16-26)30(41)31-35-19-29(43-31)32(3,4)5/h9-10,12-14,17-21,26H,7-8,11,15-16H2,1-6H3/t26-,33-,44?/m0/s1. The van der Waals surface area contributed by atoms with Gasteiger partial charge in [-0.05, 0) is 86.7 Å². The molecule has 2 aliphatic carbocycles. The Balaban J connectivity index is 1.45. The molecule has 4 aromatic rings. The number of halogens is 1. The molecule has 1 aromatic carbocycles. The van der Waals surface area contributed by atoms with Crippen LogP contribution in [0.25, 0.3) is 11.8 Å². The fourth-order valence-electron chi connectivity index (χ4n) is 6.71. The van der Waals surface area contributed by atoms with Crippen molar-refractivity contribution >= 4 is 38.8 Å². The lowest BCUT2D eigenvalue weighted by atomic mass is 9.61. The number of hydrogen-bond donors (Lipinski definition) is 0. The highest BCUT2D eigenvalue weighted by Gasteiger charge is 2.52. The minimum Gasteiger partial charge on any atom is -0.290 e. The molecule has 44 heavy (non-hydrogen) atoms. The van der Waals surface area contributed by atoms with E-state index in [1.54, 1.807) is 36.3 Å². The first-order valence-corrected chi connectivity index (χ1v) is 17.4. The van der Waals surface area contributed by atoms with Crippen LogP contribution in [0.4, 0.5) is 4.39 Å². The third-order valence-corrected chi connectivity index (χ3v) is 12.6. The Hall–Kier alpha value is -3.41. The van der Waals surface area contributed by atoms with Gasteiger partial charge in [-0.15, -0.1) is 11.3 Å². The normalized spacial score (nSPS) is 21.6. The molecular weight excluding hydrogens is 596 g/mol. The number of hydrogen-bond acceptors (Lipinski definition) is 6. The number of aryl methyl sites for hydroxylation is 1. The van der Waals surface area contributed by atoms with Crippen LogP contribution in [0.5, 0.6) is 0 Å². The van der Waals surface area contributed by atoms with Gasteiger partial charge < -0.3 is 0 Å². The van der Waals surface area contributed by atoms with Crippen LogP contribution in [0.15, 0.2) is 59.5 Å². The fraction of sp³-hybridized carbons (Fsp3) is 0.424. The van der Waals surface area contributed by atoms with Crippen molar-refractivity contribution in [1.82, 2.24) is 28.9 Å². The van der Waals surface area contributed by atoms with Crippen LogP contribution >= 0.6 is 11.3 Å². The van der Waals surface area contributed by atoms with Crippen LogP contribution in [-0.4, -0.2) is 56.8 Å². The Morgan fingerprint density at radius 1 is 1.18 bits per heavy atom. The second kappa shape index (κ2) is 10.9. The first-order valence-electron chi connectivity index (χ1n) is 14.9. The molecule has 0 N–H and O–H groups in total. The number of benzene rings is 1. The summed E-state index contributed by atoms with van der Waals surface area (Å²) in [7, 11) is -1.08. The highest BCUT2D eigenvalue weighted by molar-refractivity contribution is 7.98. The Bertz CT molecular complexity index is 1860. The van der Waals surface area contributed by atoms with E-state index in [1.807, 2.05) is 35.2 Å². The quantitative estimate of drug-likeness (QED) is 0.177. The first kappa shape index (κ1) is 30.6. The minimum absolute atomic E-state index is 0.00484. The predicted molar refractivity (Wildman–Crippen MR) is 174 cm³/mol. The lowest BCUT2D eigenvalue weighted by molar-refractivity contribution is 0.0731. The van der Waals surface area contributed by atoms with Crippen molar-refractivity contribution < 1.29 is 13.4 Å². The van der Waals surface area contributed by atoms with Crippen LogP contribution < -0.4 is 0 Å². The SMILES string of the molecule is C=S(=O)(c1cnn(C)c1)N(C(C)C)[C@H]1CCC2=Cc3c(cnn3-c3ccc(F)cc3)C[C@]2(C(=O)c2ncc(C(C)(C)C)s2)C1. The molecule has 8 nitrogen and oxygen atoms in total. The lowest BCUT2D eigenvalue weighted by Crippen LogP contribution is -2.52. The van der Waals surface area contributed by atoms with Gasteiger partial charge in [0.2, 0.25) is 5.78 Å². The molecule has 1 fully saturated rings. The van der Waals surface area contributed by atoms with Gasteiger partial charge in [0.25, 0.3) is 0 Å². The number of fused-ring (bicyclic) bond motifs is 2. The summed E-state index contributed by atoms with van der Waals surface area (Å²) in [6, 6.07) is 6.00. The molecule has 0 amide bonds. The van der Waals surface area contributed by atoms with E-state index in [-0.39, 0.29) is 29.1 Å². The van der Waals surface area contributed by atoms with E-state index < -0.39 is 15.1 Å². The number of allylic oxidation sites excluding steroid dienone is 1.